The number of hydrogen-bond donors (Lipinski definition) is 1. The molecule has 35 heavy (non-hydrogen) atoms. The number of amides is 1. The number of rotatable bonds is 9. The van der Waals surface area contributed by atoms with Gasteiger partial charge in [-0.25, -0.2) is 4.79 Å². The smallest absolute Gasteiger partial charge is 0.328 e. The molecule has 2 aromatic carbocycles. The van der Waals surface area contributed by atoms with Gasteiger partial charge in [-0.2, -0.15) is 0 Å². The molecule has 2 unspecified atom stereocenters. The van der Waals surface area contributed by atoms with Crippen molar-refractivity contribution in [3.63, 3.8) is 0 Å². The second-order valence-corrected chi connectivity index (χ2v) is 10.2. The van der Waals surface area contributed by atoms with Crippen LogP contribution in [0.5, 0.6) is 0 Å². The molecule has 0 radical (unpaired) electrons. The third-order valence-electron chi connectivity index (χ3n) is 6.32. The van der Waals surface area contributed by atoms with E-state index in [9.17, 15) is 19.5 Å². The molecule has 3 rings (SSSR count). The molecule has 0 bridgehead atoms. The predicted octanol–water partition coefficient (Wildman–Crippen LogP) is 6.12. The number of esters is 1. The molecule has 2 aromatic rings. The summed E-state index contributed by atoms with van der Waals surface area (Å²) in [5, 5.41) is 10.7. The summed E-state index contributed by atoms with van der Waals surface area (Å²) >= 11 is 12.5. The fourth-order valence-corrected chi connectivity index (χ4v) is 5.25. The number of halogens is 2. The highest BCUT2D eigenvalue weighted by Gasteiger charge is 2.48. The summed E-state index contributed by atoms with van der Waals surface area (Å²) in [6.45, 7) is 5.85. The lowest BCUT2D eigenvalue weighted by atomic mass is 9.74. The average Bonchev–Trinajstić information content (AvgIpc) is 2.79. The minimum atomic E-state index is -1.06. The first-order chi connectivity index (χ1) is 16.6. The van der Waals surface area contributed by atoms with Crippen molar-refractivity contribution in [1.82, 2.24) is 4.90 Å². The van der Waals surface area contributed by atoms with Crippen molar-refractivity contribution in [3.8, 4) is 0 Å². The van der Waals surface area contributed by atoms with Gasteiger partial charge in [-0.05, 0) is 61.1 Å². The van der Waals surface area contributed by atoms with Crippen molar-refractivity contribution < 1.29 is 24.2 Å². The number of carbonyl (C=O) groups excluding carboxylic acids is 2. The van der Waals surface area contributed by atoms with Crippen LogP contribution < -0.4 is 0 Å². The monoisotopic (exact) mass is 519 g/mol. The Morgan fingerprint density at radius 1 is 1.09 bits per heavy atom. The maximum Gasteiger partial charge on any atom is 0.328 e. The van der Waals surface area contributed by atoms with Gasteiger partial charge in [-0.15, -0.1) is 0 Å². The van der Waals surface area contributed by atoms with E-state index in [1.807, 2.05) is 44.2 Å². The van der Waals surface area contributed by atoms with E-state index < -0.39 is 29.9 Å². The van der Waals surface area contributed by atoms with E-state index in [0.717, 1.165) is 11.1 Å². The molecule has 0 spiro atoms. The van der Waals surface area contributed by atoms with Crippen LogP contribution >= 0.6 is 23.2 Å². The van der Waals surface area contributed by atoms with Gasteiger partial charge in [0.1, 0.15) is 6.04 Å². The number of nitrogens with zero attached hydrogens (tertiary/aromatic N) is 1. The minimum Gasteiger partial charge on any atom is -0.481 e. The van der Waals surface area contributed by atoms with Crippen LogP contribution in [0.4, 0.5) is 0 Å². The van der Waals surface area contributed by atoms with Crippen LogP contribution in [-0.4, -0.2) is 40.5 Å². The summed E-state index contributed by atoms with van der Waals surface area (Å²) in [4.78, 5) is 40.4. The molecule has 188 valence electrons. The maximum atomic E-state index is 13.9. The van der Waals surface area contributed by atoms with Crippen molar-refractivity contribution in [2.24, 2.45) is 11.8 Å². The SMILES string of the molecule is CCOC(=O)C(CC(C)C)N1C(=O)C(CC(=O)O)C[C@H](c2cccc(Cl)c2)[C@H]1c1ccc(Cl)cc1. The van der Waals surface area contributed by atoms with Gasteiger partial charge in [0.2, 0.25) is 5.91 Å². The van der Waals surface area contributed by atoms with E-state index in [1.54, 1.807) is 30.0 Å². The van der Waals surface area contributed by atoms with E-state index in [1.165, 1.54) is 0 Å². The van der Waals surface area contributed by atoms with Gasteiger partial charge in [-0.1, -0.05) is 61.3 Å². The normalized spacial score (nSPS) is 21.1. The van der Waals surface area contributed by atoms with Gasteiger partial charge in [0, 0.05) is 21.9 Å². The third kappa shape index (κ3) is 6.56. The molecule has 8 heteroatoms. The first-order valence-corrected chi connectivity index (χ1v) is 12.6. The van der Waals surface area contributed by atoms with Crippen LogP contribution in [0.2, 0.25) is 10.0 Å². The number of piperidine rings is 1. The molecule has 1 amide bonds. The van der Waals surface area contributed by atoms with E-state index in [2.05, 4.69) is 0 Å². The first-order valence-electron chi connectivity index (χ1n) is 11.8. The Morgan fingerprint density at radius 3 is 2.34 bits per heavy atom. The summed E-state index contributed by atoms with van der Waals surface area (Å²) in [6, 6.07) is 13.2. The maximum absolute atomic E-state index is 13.9. The summed E-state index contributed by atoms with van der Waals surface area (Å²) in [5.74, 6) is -2.90. The largest absolute Gasteiger partial charge is 0.481 e. The fraction of sp³-hybridized carbons (Fsp3) is 0.444. The molecule has 4 atom stereocenters. The molecule has 0 saturated carbocycles. The number of hydrogen-bond acceptors (Lipinski definition) is 4. The average molecular weight is 520 g/mol. The molecular weight excluding hydrogens is 489 g/mol. The molecule has 6 nitrogen and oxygen atoms in total. The standard InChI is InChI=1S/C27H31Cl2NO5/c1-4-35-27(34)23(12-16(2)3)30-25(17-8-10-20(28)11-9-17)22(18-6-5-7-21(29)13-18)14-19(26(30)33)15-24(31)32/h5-11,13,16,19,22-23,25H,4,12,14-15H2,1-3H3,(H,31,32)/t19?,22-,23?,25-/m1/s1. The van der Waals surface area contributed by atoms with Crippen molar-refractivity contribution >= 4 is 41.0 Å². The molecule has 1 aliphatic rings. The molecule has 1 fully saturated rings. The van der Waals surface area contributed by atoms with Crippen LogP contribution in [0.1, 0.15) is 63.1 Å². The molecular formula is C27H31Cl2NO5. The highest BCUT2D eigenvalue weighted by Crippen LogP contribution is 2.48. The summed E-state index contributed by atoms with van der Waals surface area (Å²) in [6.07, 6.45) is 0.375. The Labute approximate surface area is 216 Å². The van der Waals surface area contributed by atoms with Crippen LogP contribution in [-0.2, 0) is 19.1 Å². The lowest BCUT2D eigenvalue weighted by Gasteiger charge is -2.47. The summed E-state index contributed by atoms with van der Waals surface area (Å²) in [5.41, 5.74) is 1.68. The van der Waals surface area contributed by atoms with Crippen LogP contribution in [0.25, 0.3) is 0 Å². The zero-order valence-electron chi connectivity index (χ0n) is 20.1. The number of carbonyl (C=O) groups is 3. The van der Waals surface area contributed by atoms with Crippen LogP contribution in [0, 0.1) is 11.8 Å². The topological polar surface area (TPSA) is 83.9 Å². The molecule has 1 heterocycles. The number of ether oxygens (including phenoxy) is 1. The van der Waals surface area contributed by atoms with Gasteiger partial charge in [0.15, 0.2) is 0 Å². The first kappa shape index (κ1) is 27.0. The number of likely N-dealkylation sites (tertiary alicyclic amines) is 1. The molecule has 1 N–H and O–H groups in total. The fourth-order valence-electron chi connectivity index (χ4n) is 4.92. The lowest BCUT2D eigenvalue weighted by Crippen LogP contribution is -2.55. The van der Waals surface area contributed by atoms with Crippen molar-refractivity contribution in [1.29, 1.82) is 0 Å². The third-order valence-corrected chi connectivity index (χ3v) is 6.81. The van der Waals surface area contributed by atoms with Crippen molar-refractivity contribution in [2.45, 2.75) is 58.0 Å². The van der Waals surface area contributed by atoms with Gasteiger partial charge in [0.25, 0.3) is 0 Å². The number of carboxylic acid groups (broad SMARTS) is 1. The van der Waals surface area contributed by atoms with Gasteiger partial charge >= 0.3 is 11.9 Å². The van der Waals surface area contributed by atoms with E-state index in [-0.39, 0.29) is 30.8 Å². The number of benzene rings is 2. The Morgan fingerprint density at radius 2 is 1.77 bits per heavy atom. The van der Waals surface area contributed by atoms with Crippen molar-refractivity contribution in [2.75, 3.05) is 6.61 Å². The highest BCUT2D eigenvalue weighted by molar-refractivity contribution is 6.30. The molecule has 1 saturated heterocycles. The highest BCUT2D eigenvalue weighted by atomic mass is 35.5. The molecule has 0 aliphatic carbocycles. The Hall–Kier alpha value is -2.57. The number of aliphatic carboxylic acids is 1. The zero-order valence-corrected chi connectivity index (χ0v) is 21.6. The van der Waals surface area contributed by atoms with E-state index in [4.69, 9.17) is 27.9 Å². The van der Waals surface area contributed by atoms with E-state index in [0.29, 0.717) is 22.9 Å². The molecule has 0 aromatic heterocycles. The quantitative estimate of drug-likeness (QED) is 0.403. The van der Waals surface area contributed by atoms with Crippen LogP contribution in [0.3, 0.4) is 0 Å². The minimum absolute atomic E-state index is 0.0903. The lowest BCUT2D eigenvalue weighted by molar-refractivity contribution is -0.164. The van der Waals surface area contributed by atoms with E-state index >= 15 is 0 Å². The predicted molar refractivity (Wildman–Crippen MR) is 135 cm³/mol. The Kier molecular flexibility index (Phi) is 9.20. The Balaban J connectivity index is 2.23. The second-order valence-electron chi connectivity index (χ2n) is 9.33. The van der Waals surface area contributed by atoms with Crippen molar-refractivity contribution in [3.05, 3.63) is 69.7 Å². The molecule has 1 aliphatic heterocycles. The number of carboxylic acids is 1. The zero-order chi connectivity index (χ0) is 25.7. The Bertz CT molecular complexity index is 1060. The second kappa shape index (κ2) is 11.9. The van der Waals surface area contributed by atoms with Crippen LogP contribution in [0.15, 0.2) is 48.5 Å². The van der Waals surface area contributed by atoms with Gasteiger partial charge in [-0.3, -0.25) is 9.59 Å². The van der Waals surface area contributed by atoms with Gasteiger partial charge in [0.05, 0.1) is 19.1 Å². The summed E-state index contributed by atoms with van der Waals surface area (Å²) in [7, 11) is 0. The van der Waals surface area contributed by atoms with Gasteiger partial charge < -0.3 is 14.7 Å². The summed E-state index contributed by atoms with van der Waals surface area (Å²) < 4.78 is 5.39.